The standard InChI is InChI=1S/C62H40N2O/c1-2-14-41(15-3-1)50-38-31-44(49-21-12-23-52-48-17-5-4-16-42(48)30-39-53(49)52)40-60(50)63(45-32-28-43(29-33-45)51-22-13-24-57-56-20-8-11-27-61(56)65-62(51)57)46-34-36-47(37-35-46)64-58-25-9-6-18-54(58)55-19-7-10-26-59(55)64/h1-40H. The Morgan fingerprint density at radius 1 is 0.323 bits per heavy atom. The molecule has 3 heteroatoms. The predicted octanol–water partition coefficient (Wildman–Crippen LogP) is 17.5. The van der Waals surface area contributed by atoms with Gasteiger partial charge in [-0.25, -0.2) is 0 Å². The van der Waals surface area contributed by atoms with Crippen LogP contribution in [0.2, 0.25) is 0 Å². The Labute approximate surface area is 376 Å². The molecule has 2 heterocycles. The van der Waals surface area contributed by atoms with Crippen LogP contribution in [-0.4, -0.2) is 4.57 Å². The van der Waals surface area contributed by atoms with Crippen LogP contribution in [0.1, 0.15) is 0 Å². The third-order valence-corrected chi connectivity index (χ3v) is 13.2. The number of fused-ring (bicyclic) bond motifs is 9. The number of rotatable bonds is 7. The summed E-state index contributed by atoms with van der Waals surface area (Å²) >= 11 is 0. The van der Waals surface area contributed by atoms with Crippen molar-refractivity contribution < 1.29 is 4.42 Å². The molecule has 11 aromatic carbocycles. The summed E-state index contributed by atoms with van der Waals surface area (Å²) in [4.78, 5) is 2.42. The van der Waals surface area contributed by atoms with E-state index >= 15 is 0 Å². The van der Waals surface area contributed by atoms with Gasteiger partial charge in [0, 0.05) is 49.7 Å². The lowest BCUT2D eigenvalue weighted by Crippen LogP contribution is -2.12. The van der Waals surface area contributed by atoms with E-state index in [4.69, 9.17) is 4.42 Å². The quantitative estimate of drug-likeness (QED) is 0.149. The van der Waals surface area contributed by atoms with Gasteiger partial charge in [0.15, 0.2) is 0 Å². The van der Waals surface area contributed by atoms with Crippen LogP contribution in [0.4, 0.5) is 17.1 Å². The zero-order valence-electron chi connectivity index (χ0n) is 35.4. The molecular formula is C62H40N2O. The second-order valence-electron chi connectivity index (χ2n) is 16.8. The Bertz CT molecular complexity index is 3880. The zero-order valence-corrected chi connectivity index (χ0v) is 35.4. The molecule has 0 N–H and O–H groups in total. The average molecular weight is 829 g/mol. The molecule has 0 amide bonds. The van der Waals surface area contributed by atoms with Crippen LogP contribution in [0, 0.1) is 0 Å². The van der Waals surface area contributed by atoms with E-state index in [-0.39, 0.29) is 0 Å². The van der Waals surface area contributed by atoms with E-state index in [2.05, 4.69) is 240 Å². The topological polar surface area (TPSA) is 21.3 Å². The van der Waals surface area contributed by atoms with E-state index in [0.717, 1.165) is 72.5 Å². The lowest BCUT2D eigenvalue weighted by atomic mass is 9.92. The number of para-hydroxylation sites is 4. The maximum Gasteiger partial charge on any atom is 0.143 e. The smallest absolute Gasteiger partial charge is 0.143 e. The van der Waals surface area contributed by atoms with Crippen molar-refractivity contribution >= 4 is 82.4 Å². The van der Waals surface area contributed by atoms with Gasteiger partial charge in [0.2, 0.25) is 0 Å². The first-order valence-corrected chi connectivity index (χ1v) is 22.2. The van der Waals surface area contributed by atoms with Crippen LogP contribution in [0.15, 0.2) is 247 Å². The number of anilines is 3. The Morgan fingerprint density at radius 2 is 0.892 bits per heavy atom. The summed E-state index contributed by atoms with van der Waals surface area (Å²) in [5, 5.41) is 9.74. The van der Waals surface area contributed by atoms with E-state index in [1.807, 2.05) is 12.1 Å². The molecule has 0 saturated heterocycles. The first kappa shape index (κ1) is 36.9. The average Bonchev–Trinajstić information content (AvgIpc) is 3.93. The van der Waals surface area contributed by atoms with Crippen molar-refractivity contribution in [3.63, 3.8) is 0 Å². The Kier molecular flexibility index (Phi) is 8.53. The molecule has 0 fully saturated rings. The van der Waals surface area contributed by atoms with Crippen LogP contribution in [0.3, 0.4) is 0 Å². The summed E-state index contributed by atoms with van der Waals surface area (Å²) in [6, 6.07) is 87.8. The number of aromatic nitrogens is 1. The molecule has 0 saturated carbocycles. The third-order valence-electron chi connectivity index (χ3n) is 13.2. The van der Waals surface area contributed by atoms with Crippen LogP contribution < -0.4 is 4.90 Å². The summed E-state index contributed by atoms with van der Waals surface area (Å²) in [6.07, 6.45) is 0. The van der Waals surface area contributed by atoms with E-state index in [9.17, 15) is 0 Å². The normalized spacial score (nSPS) is 11.7. The largest absolute Gasteiger partial charge is 0.455 e. The van der Waals surface area contributed by atoms with E-state index in [1.54, 1.807) is 0 Å². The third kappa shape index (κ3) is 6.05. The van der Waals surface area contributed by atoms with Crippen molar-refractivity contribution in [2.45, 2.75) is 0 Å². The molecule has 0 bridgehead atoms. The highest BCUT2D eigenvalue weighted by molar-refractivity contribution is 6.13. The first-order valence-electron chi connectivity index (χ1n) is 22.2. The van der Waals surface area contributed by atoms with Crippen molar-refractivity contribution in [1.29, 1.82) is 0 Å². The van der Waals surface area contributed by atoms with Gasteiger partial charge >= 0.3 is 0 Å². The van der Waals surface area contributed by atoms with Gasteiger partial charge in [-0.15, -0.1) is 0 Å². The second kappa shape index (κ2) is 15.0. The van der Waals surface area contributed by atoms with Crippen LogP contribution in [-0.2, 0) is 0 Å². The number of hydrogen-bond acceptors (Lipinski definition) is 2. The van der Waals surface area contributed by atoms with Crippen LogP contribution in [0.5, 0.6) is 0 Å². The fourth-order valence-corrected chi connectivity index (χ4v) is 10.2. The highest BCUT2D eigenvalue weighted by atomic mass is 16.3. The molecule has 13 rings (SSSR count). The molecule has 3 nitrogen and oxygen atoms in total. The molecule has 304 valence electrons. The molecular weight excluding hydrogens is 789 g/mol. The maximum absolute atomic E-state index is 6.51. The van der Waals surface area contributed by atoms with Gasteiger partial charge in [-0.05, 0) is 104 Å². The zero-order chi connectivity index (χ0) is 42.8. The Hall–Kier alpha value is -8.66. The van der Waals surface area contributed by atoms with E-state index in [0.29, 0.717) is 0 Å². The fraction of sp³-hybridized carbons (Fsp3) is 0. The van der Waals surface area contributed by atoms with Crippen molar-refractivity contribution in [2.24, 2.45) is 0 Å². The van der Waals surface area contributed by atoms with Gasteiger partial charge in [-0.3, -0.25) is 0 Å². The molecule has 0 atom stereocenters. The summed E-state index contributed by atoms with van der Waals surface area (Å²) < 4.78 is 8.89. The summed E-state index contributed by atoms with van der Waals surface area (Å²) in [7, 11) is 0. The second-order valence-corrected chi connectivity index (χ2v) is 16.8. The molecule has 0 spiro atoms. The van der Waals surface area contributed by atoms with Crippen LogP contribution >= 0.6 is 0 Å². The molecule has 0 aliphatic carbocycles. The van der Waals surface area contributed by atoms with E-state index < -0.39 is 0 Å². The molecule has 2 aromatic heterocycles. The predicted molar refractivity (Wildman–Crippen MR) is 274 cm³/mol. The molecule has 13 aromatic rings. The van der Waals surface area contributed by atoms with Crippen LogP contribution in [0.25, 0.3) is 104 Å². The number of hydrogen-bond donors (Lipinski definition) is 0. The summed E-state index contributed by atoms with van der Waals surface area (Å²) in [5.41, 5.74) is 15.3. The van der Waals surface area contributed by atoms with E-state index in [1.165, 1.54) is 48.9 Å². The summed E-state index contributed by atoms with van der Waals surface area (Å²) in [5.74, 6) is 0. The highest BCUT2D eigenvalue weighted by Gasteiger charge is 2.21. The minimum absolute atomic E-state index is 0.898. The lowest BCUT2D eigenvalue weighted by molar-refractivity contribution is 0.670. The molecule has 0 aliphatic heterocycles. The minimum atomic E-state index is 0.898. The number of nitrogens with zero attached hydrogens (tertiary/aromatic N) is 2. The Morgan fingerprint density at radius 3 is 1.65 bits per heavy atom. The van der Waals surface area contributed by atoms with Gasteiger partial charge in [0.25, 0.3) is 0 Å². The van der Waals surface area contributed by atoms with Gasteiger partial charge in [0.05, 0.1) is 16.7 Å². The van der Waals surface area contributed by atoms with Gasteiger partial charge in [0.1, 0.15) is 11.2 Å². The monoisotopic (exact) mass is 828 g/mol. The minimum Gasteiger partial charge on any atom is -0.455 e. The SMILES string of the molecule is c1ccc(-c2ccc(-c3cccc4c3ccc3ccccc34)cc2N(c2ccc(-c3cccc4c3oc3ccccc34)cc2)c2ccc(-n3c4ccccc4c4ccccc43)cc2)cc1. The highest BCUT2D eigenvalue weighted by Crippen LogP contribution is 2.46. The van der Waals surface area contributed by atoms with Crippen molar-refractivity contribution in [3.05, 3.63) is 243 Å². The van der Waals surface area contributed by atoms with Gasteiger partial charge in [-0.1, -0.05) is 182 Å². The van der Waals surface area contributed by atoms with Gasteiger partial charge in [-0.2, -0.15) is 0 Å². The first-order chi connectivity index (χ1) is 32.2. The van der Waals surface area contributed by atoms with Crippen molar-refractivity contribution in [3.8, 4) is 39.1 Å². The molecule has 65 heavy (non-hydrogen) atoms. The fourth-order valence-electron chi connectivity index (χ4n) is 10.2. The van der Waals surface area contributed by atoms with Crippen molar-refractivity contribution in [1.82, 2.24) is 4.57 Å². The molecule has 0 radical (unpaired) electrons. The molecule has 0 aliphatic rings. The van der Waals surface area contributed by atoms with Gasteiger partial charge < -0.3 is 13.9 Å². The summed E-state index contributed by atoms with van der Waals surface area (Å²) in [6.45, 7) is 0. The maximum atomic E-state index is 6.51. The lowest BCUT2D eigenvalue weighted by Gasteiger charge is -2.29. The molecule has 0 unspecified atom stereocenters. The number of furan rings is 1. The van der Waals surface area contributed by atoms with Crippen molar-refractivity contribution in [2.75, 3.05) is 4.90 Å². The Balaban J connectivity index is 1.02. The number of benzene rings is 11.